The highest BCUT2D eigenvalue weighted by Gasteiger charge is 2.22. The van der Waals surface area contributed by atoms with Gasteiger partial charge in [0.05, 0.1) is 11.5 Å². The van der Waals surface area contributed by atoms with Crippen LogP contribution in [0.3, 0.4) is 0 Å². The third-order valence-electron chi connectivity index (χ3n) is 3.81. The Bertz CT molecular complexity index is 1000. The Kier molecular flexibility index (Phi) is 6.66. The lowest BCUT2D eigenvalue weighted by atomic mass is 10.2. The smallest absolute Gasteiger partial charge is 0.286 e. The quantitative estimate of drug-likeness (QED) is 0.726. The first-order chi connectivity index (χ1) is 14.0. The van der Waals surface area contributed by atoms with Gasteiger partial charge in [-0.25, -0.2) is 4.39 Å². The van der Waals surface area contributed by atoms with Crippen LogP contribution in [0.2, 0.25) is 0 Å². The first-order valence-corrected chi connectivity index (χ1v) is 9.71. The van der Waals surface area contributed by atoms with E-state index in [2.05, 4.69) is 10.3 Å². The predicted molar refractivity (Wildman–Crippen MR) is 110 cm³/mol. The zero-order valence-corrected chi connectivity index (χ0v) is 16.7. The van der Waals surface area contributed by atoms with Crippen molar-refractivity contribution in [1.82, 2.24) is 5.32 Å². The molecule has 1 heterocycles. The summed E-state index contributed by atoms with van der Waals surface area (Å²) in [6, 6.07) is 11.6. The molecule has 1 aliphatic heterocycles. The lowest BCUT2D eigenvalue weighted by molar-refractivity contribution is -0.117. The van der Waals surface area contributed by atoms with E-state index in [1.807, 2.05) is 6.92 Å². The van der Waals surface area contributed by atoms with Gasteiger partial charge in [0.15, 0.2) is 16.7 Å². The Morgan fingerprint density at radius 1 is 1.21 bits per heavy atom. The van der Waals surface area contributed by atoms with E-state index in [-0.39, 0.29) is 23.5 Å². The number of nitrogens with one attached hydrogen (secondary N) is 1. The first-order valence-electron chi connectivity index (χ1n) is 8.89. The summed E-state index contributed by atoms with van der Waals surface area (Å²) in [4.78, 5) is 27.3. The lowest BCUT2D eigenvalue weighted by Gasteiger charge is -2.13. The van der Waals surface area contributed by atoms with Crippen LogP contribution < -0.4 is 14.8 Å². The molecule has 29 heavy (non-hydrogen) atoms. The normalized spacial score (nSPS) is 14.7. The summed E-state index contributed by atoms with van der Waals surface area (Å²) < 4.78 is 25.2. The lowest BCUT2D eigenvalue weighted by Crippen LogP contribution is -2.23. The molecule has 3 rings (SSSR count). The van der Waals surface area contributed by atoms with Gasteiger partial charge in [-0.05, 0) is 48.5 Å². The third-order valence-corrected chi connectivity index (χ3v) is 4.71. The molecule has 0 saturated carbocycles. The summed E-state index contributed by atoms with van der Waals surface area (Å²) in [7, 11) is 0. The van der Waals surface area contributed by atoms with Crippen molar-refractivity contribution in [3.63, 3.8) is 0 Å². The molecule has 0 aromatic heterocycles. The summed E-state index contributed by atoms with van der Waals surface area (Å²) in [5, 5.41) is 2.76. The fraction of sp³-hybridized carbons (Fsp3) is 0.190. The van der Waals surface area contributed by atoms with E-state index in [9.17, 15) is 14.0 Å². The number of hydrogen-bond donors (Lipinski definition) is 1. The number of halogens is 1. The van der Waals surface area contributed by atoms with Gasteiger partial charge in [-0.15, -0.1) is 0 Å². The number of amidine groups is 1. The maximum absolute atomic E-state index is 13.8. The highest BCUT2D eigenvalue weighted by Crippen LogP contribution is 2.33. The van der Waals surface area contributed by atoms with Gasteiger partial charge in [-0.3, -0.25) is 9.59 Å². The molecule has 1 N–H and O–H groups in total. The number of thioether (sulfide) groups is 1. The first kappa shape index (κ1) is 20.6. The van der Waals surface area contributed by atoms with Crippen LogP contribution in [0.25, 0.3) is 6.08 Å². The van der Waals surface area contributed by atoms with E-state index in [4.69, 9.17) is 9.47 Å². The van der Waals surface area contributed by atoms with Gasteiger partial charge >= 0.3 is 0 Å². The number of rotatable bonds is 6. The van der Waals surface area contributed by atoms with E-state index in [1.165, 1.54) is 13.0 Å². The largest absolute Gasteiger partial charge is 0.490 e. The summed E-state index contributed by atoms with van der Waals surface area (Å²) in [6.07, 6.45) is 1.66. The third kappa shape index (κ3) is 5.45. The van der Waals surface area contributed by atoms with Crippen molar-refractivity contribution in [2.75, 3.05) is 6.61 Å². The molecule has 150 valence electrons. The number of ether oxygens (including phenoxy) is 2. The van der Waals surface area contributed by atoms with Gasteiger partial charge in [0.1, 0.15) is 12.4 Å². The minimum absolute atomic E-state index is 0.0649. The molecule has 0 atom stereocenters. The Balaban J connectivity index is 1.77. The average molecular weight is 414 g/mol. The number of amides is 2. The highest BCUT2D eigenvalue weighted by molar-refractivity contribution is 8.18. The van der Waals surface area contributed by atoms with Crippen LogP contribution in [0.5, 0.6) is 11.5 Å². The number of hydrogen-bond acceptors (Lipinski definition) is 5. The van der Waals surface area contributed by atoms with Crippen LogP contribution in [-0.2, 0) is 16.2 Å². The van der Waals surface area contributed by atoms with Gasteiger partial charge in [0.25, 0.3) is 5.91 Å². The number of nitrogens with zero attached hydrogens (tertiary/aromatic N) is 1. The minimum Gasteiger partial charge on any atom is -0.490 e. The second kappa shape index (κ2) is 9.38. The van der Waals surface area contributed by atoms with Crippen molar-refractivity contribution in [2.24, 2.45) is 4.99 Å². The van der Waals surface area contributed by atoms with Gasteiger partial charge < -0.3 is 14.8 Å². The Hall–Kier alpha value is -3.13. The molecule has 6 nitrogen and oxygen atoms in total. The van der Waals surface area contributed by atoms with Crippen molar-refractivity contribution in [3.05, 3.63) is 64.3 Å². The van der Waals surface area contributed by atoms with Crippen LogP contribution in [0.4, 0.5) is 4.39 Å². The van der Waals surface area contributed by atoms with Crippen LogP contribution in [0.1, 0.15) is 25.0 Å². The topological polar surface area (TPSA) is 77.0 Å². The molecule has 0 unspecified atom stereocenters. The Morgan fingerprint density at radius 3 is 2.72 bits per heavy atom. The zero-order valence-electron chi connectivity index (χ0n) is 15.9. The molecule has 0 fully saturated rings. The van der Waals surface area contributed by atoms with E-state index in [0.717, 1.165) is 11.8 Å². The van der Waals surface area contributed by atoms with Crippen LogP contribution in [0, 0.1) is 5.82 Å². The number of aliphatic imine (C=N–C) groups is 1. The van der Waals surface area contributed by atoms with Crippen molar-refractivity contribution in [2.45, 2.75) is 20.5 Å². The Labute approximate surface area is 171 Å². The van der Waals surface area contributed by atoms with E-state index in [1.54, 1.807) is 42.5 Å². The Morgan fingerprint density at radius 2 is 2.00 bits per heavy atom. The zero-order chi connectivity index (χ0) is 20.8. The predicted octanol–water partition coefficient (Wildman–Crippen LogP) is 3.91. The molecule has 2 aromatic carbocycles. The van der Waals surface area contributed by atoms with Crippen molar-refractivity contribution >= 4 is 34.8 Å². The number of carbonyl (C=O) groups excluding carboxylic acids is 2. The summed E-state index contributed by atoms with van der Waals surface area (Å²) in [5.74, 6) is -0.0927. The summed E-state index contributed by atoms with van der Waals surface area (Å²) >= 11 is 1.09. The van der Waals surface area contributed by atoms with Crippen molar-refractivity contribution in [1.29, 1.82) is 0 Å². The standard InChI is InChI=1S/C21H19FN2O4S/c1-3-27-18-10-14(11-19-20(26)24-21(29-19)23-13(2)25)8-9-17(18)28-12-15-6-4-5-7-16(15)22/h4-11H,3,12H2,1-2H3,(H,23,24,25,26)/b19-11-. The van der Waals surface area contributed by atoms with Gasteiger partial charge in [-0.1, -0.05) is 24.3 Å². The maximum Gasteiger partial charge on any atom is 0.286 e. The molecule has 0 bridgehead atoms. The van der Waals surface area contributed by atoms with Gasteiger partial charge in [-0.2, -0.15) is 4.99 Å². The van der Waals surface area contributed by atoms with E-state index < -0.39 is 5.91 Å². The van der Waals surface area contributed by atoms with Crippen molar-refractivity contribution < 1.29 is 23.5 Å². The molecule has 0 saturated heterocycles. The van der Waals surface area contributed by atoms with Gasteiger partial charge in [0, 0.05) is 12.5 Å². The van der Waals surface area contributed by atoms with Crippen molar-refractivity contribution in [3.8, 4) is 11.5 Å². The molecule has 2 aromatic rings. The highest BCUT2D eigenvalue weighted by atomic mass is 32.2. The number of benzene rings is 2. The van der Waals surface area contributed by atoms with E-state index in [0.29, 0.717) is 34.1 Å². The monoisotopic (exact) mass is 414 g/mol. The van der Waals surface area contributed by atoms with Crippen LogP contribution >= 0.6 is 11.8 Å². The SMILES string of the molecule is CCOc1cc(/C=C2\SC(NC(C)=O)=NC2=O)ccc1OCc1ccccc1F. The summed E-state index contributed by atoms with van der Waals surface area (Å²) in [5.41, 5.74) is 1.15. The second-order valence-corrected chi connectivity index (χ2v) is 7.06. The maximum atomic E-state index is 13.8. The fourth-order valence-electron chi connectivity index (χ4n) is 2.54. The molecule has 0 radical (unpaired) electrons. The molecule has 1 aliphatic rings. The molecule has 2 amide bonds. The van der Waals surface area contributed by atoms with Gasteiger partial charge in [0.2, 0.25) is 5.91 Å². The fourth-order valence-corrected chi connectivity index (χ4v) is 3.40. The van der Waals surface area contributed by atoms with Crippen LogP contribution in [0.15, 0.2) is 52.4 Å². The molecule has 0 spiro atoms. The molecule has 0 aliphatic carbocycles. The number of carbonyl (C=O) groups is 2. The molecular weight excluding hydrogens is 395 g/mol. The second-order valence-electron chi connectivity index (χ2n) is 6.03. The van der Waals surface area contributed by atoms with Crippen LogP contribution in [-0.4, -0.2) is 23.6 Å². The van der Waals surface area contributed by atoms with E-state index >= 15 is 0 Å². The molecular formula is C21H19FN2O4S. The molecule has 8 heteroatoms. The summed E-state index contributed by atoms with van der Waals surface area (Å²) in [6.45, 7) is 3.67. The minimum atomic E-state index is -0.420. The average Bonchev–Trinajstić information content (AvgIpc) is 3.00.